The minimum Gasteiger partial charge on any atom is -0.480 e. The fourth-order valence-corrected chi connectivity index (χ4v) is 7.35. The van der Waals surface area contributed by atoms with E-state index in [-0.39, 0.29) is 81.4 Å². The number of nitrogens with zero attached hydrogens (tertiary/aromatic N) is 1. The Labute approximate surface area is 373 Å². The molecule has 0 bridgehead atoms. The van der Waals surface area contributed by atoms with Crippen LogP contribution >= 0.6 is 0 Å². The van der Waals surface area contributed by atoms with Gasteiger partial charge in [-0.1, -0.05) is 109 Å². The normalized spacial score (nSPS) is 15.2. The molecule has 4 aromatic rings. The van der Waals surface area contributed by atoms with Gasteiger partial charge in [0, 0.05) is 55.2 Å². The van der Waals surface area contributed by atoms with Crippen LogP contribution in [0.2, 0.25) is 0 Å². The summed E-state index contributed by atoms with van der Waals surface area (Å²) in [5, 5.41) is 15.3. The number of aliphatic carboxylic acids is 1. The maximum absolute atomic E-state index is 13.6. The summed E-state index contributed by atoms with van der Waals surface area (Å²) in [6, 6.07) is 33.5. The van der Waals surface area contributed by atoms with Crippen molar-refractivity contribution >= 4 is 53.8 Å². The Morgan fingerprint density at radius 2 is 1.35 bits per heavy atom. The number of hydrogen-bond acceptors (Lipinski definition) is 9. The van der Waals surface area contributed by atoms with E-state index in [0.29, 0.717) is 32.3 Å². The average Bonchev–Trinajstić information content (AvgIpc) is 3.59. The SMILES string of the molecule is O=C(NCC[C@H](CN(CCCC[C@H](NC(=O)OCC1c2ccccc2-c2ccccc21)C(=O)O)C(=O)OCc1ccccc1)OC1CCCCO1)OCc1ccccc1.[Na]. The predicted molar refractivity (Wildman–Crippen MR) is 225 cm³/mol. The molecule has 6 rings (SSSR count). The summed E-state index contributed by atoms with van der Waals surface area (Å²) in [6.45, 7) is 1.41. The summed E-state index contributed by atoms with van der Waals surface area (Å²) in [5.74, 6) is -1.35. The average molecular weight is 831 g/mol. The zero-order valence-electron chi connectivity index (χ0n) is 34.2. The van der Waals surface area contributed by atoms with Gasteiger partial charge in [0.2, 0.25) is 0 Å². The number of carbonyl (C=O) groups is 4. The van der Waals surface area contributed by atoms with Gasteiger partial charge in [0.1, 0.15) is 25.9 Å². The van der Waals surface area contributed by atoms with Gasteiger partial charge in [-0.3, -0.25) is 0 Å². The van der Waals surface area contributed by atoms with Crippen LogP contribution in [0.25, 0.3) is 11.1 Å². The van der Waals surface area contributed by atoms with Crippen molar-refractivity contribution in [3.05, 3.63) is 131 Å². The fraction of sp³-hybridized carbons (Fsp3) is 0.391. The molecule has 313 valence electrons. The van der Waals surface area contributed by atoms with Gasteiger partial charge >= 0.3 is 24.2 Å². The van der Waals surface area contributed by atoms with Gasteiger partial charge in [0.25, 0.3) is 0 Å². The number of carboxylic acids is 1. The molecule has 0 aromatic heterocycles. The molecule has 0 spiro atoms. The number of ether oxygens (including phenoxy) is 5. The number of nitrogens with one attached hydrogen (secondary N) is 2. The number of hydrogen-bond donors (Lipinski definition) is 3. The molecule has 14 heteroatoms. The van der Waals surface area contributed by atoms with Crippen molar-refractivity contribution in [3.63, 3.8) is 0 Å². The monoisotopic (exact) mass is 830 g/mol. The Balaban J connectivity index is 0.00000683. The second-order valence-electron chi connectivity index (χ2n) is 14.7. The van der Waals surface area contributed by atoms with Gasteiger partial charge in [-0.2, -0.15) is 0 Å². The molecule has 1 heterocycles. The van der Waals surface area contributed by atoms with Crippen LogP contribution in [0.3, 0.4) is 0 Å². The molecular weight excluding hydrogens is 778 g/mol. The number of unbranched alkanes of at least 4 members (excludes halogenated alkanes) is 1. The zero-order valence-corrected chi connectivity index (χ0v) is 36.2. The molecule has 0 saturated carbocycles. The standard InChI is InChI=1S/C46H53N3O10.Na/c50-43(51)41(48-45(53)57-32-40-38-21-9-7-19-36(38)37-20-8-10-22-39(37)40)23-11-13-27-49(46(54)58-31-34-17-5-2-6-18-34)29-35(59-42-24-12-14-28-55-42)25-26-47-44(52)56-30-33-15-3-1-4-16-33;/h1-10,15-22,35,40-42H,11-14,23-32H2,(H,47,52)(H,48,53)(H,50,51);/t35-,41+,42?;/m1./s1. The third-order valence-electron chi connectivity index (χ3n) is 10.4. The molecule has 1 saturated heterocycles. The molecule has 60 heavy (non-hydrogen) atoms. The van der Waals surface area contributed by atoms with Crippen molar-refractivity contribution in [3.8, 4) is 11.1 Å². The van der Waals surface area contributed by atoms with Gasteiger partial charge in [0.15, 0.2) is 6.29 Å². The minimum atomic E-state index is -1.20. The molecule has 3 amide bonds. The van der Waals surface area contributed by atoms with E-state index in [2.05, 4.69) is 10.6 Å². The smallest absolute Gasteiger partial charge is 0.410 e. The number of amides is 3. The molecule has 1 radical (unpaired) electrons. The summed E-state index contributed by atoms with van der Waals surface area (Å²) in [4.78, 5) is 52.9. The number of carbonyl (C=O) groups excluding carboxylic acids is 3. The van der Waals surface area contributed by atoms with Crippen LogP contribution in [0.4, 0.5) is 14.4 Å². The first-order valence-corrected chi connectivity index (χ1v) is 20.4. The number of alkyl carbamates (subject to hydrolysis) is 2. The van der Waals surface area contributed by atoms with Gasteiger partial charge in [0.05, 0.1) is 12.6 Å². The molecule has 3 atom stereocenters. The molecule has 1 aliphatic carbocycles. The molecular formula is C46H53N3NaO10. The van der Waals surface area contributed by atoms with Crippen molar-refractivity contribution in [1.82, 2.24) is 15.5 Å². The quantitative estimate of drug-likeness (QED) is 0.0459. The second-order valence-corrected chi connectivity index (χ2v) is 14.7. The Hall–Kier alpha value is -4.92. The van der Waals surface area contributed by atoms with Crippen molar-refractivity contribution < 1.29 is 48.0 Å². The summed E-state index contributed by atoms with van der Waals surface area (Å²) < 4.78 is 28.9. The molecule has 13 nitrogen and oxygen atoms in total. The summed E-state index contributed by atoms with van der Waals surface area (Å²) in [6.07, 6.45) is 0.897. The Morgan fingerprint density at radius 1 is 0.733 bits per heavy atom. The fourth-order valence-electron chi connectivity index (χ4n) is 7.35. The maximum atomic E-state index is 13.6. The van der Waals surface area contributed by atoms with Crippen molar-refractivity contribution in [1.29, 1.82) is 0 Å². The number of rotatable bonds is 20. The largest absolute Gasteiger partial charge is 0.480 e. The van der Waals surface area contributed by atoms with E-state index in [4.69, 9.17) is 23.7 Å². The summed E-state index contributed by atoms with van der Waals surface area (Å²) >= 11 is 0. The maximum Gasteiger partial charge on any atom is 0.410 e. The van der Waals surface area contributed by atoms with Gasteiger partial charge in [-0.15, -0.1) is 0 Å². The third kappa shape index (κ3) is 14.1. The molecule has 1 aliphatic heterocycles. The first-order valence-electron chi connectivity index (χ1n) is 20.4. The van der Waals surface area contributed by atoms with Crippen LogP contribution in [0.15, 0.2) is 109 Å². The van der Waals surface area contributed by atoms with Crippen LogP contribution in [-0.2, 0) is 41.7 Å². The van der Waals surface area contributed by atoms with Gasteiger partial charge in [-0.05, 0) is 78.3 Å². The Kier molecular flexibility index (Phi) is 18.7. The Bertz CT molecular complexity index is 1920. The Morgan fingerprint density at radius 3 is 1.97 bits per heavy atom. The molecule has 1 unspecified atom stereocenters. The topological polar surface area (TPSA) is 162 Å². The number of fused-ring (bicyclic) bond motifs is 3. The van der Waals surface area contributed by atoms with E-state index in [1.165, 1.54) is 0 Å². The number of benzene rings is 4. The van der Waals surface area contributed by atoms with Crippen LogP contribution in [0.5, 0.6) is 0 Å². The van der Waals surface area contributed by atoms with E-state index in [0.717, 1.165) is 46.2 Å². The third-order valence-corrected chi connectivity index (χ3v) is 10.4. The van der Waals surface area contributed by atoms with Crippen molar-refractivity contribution in [2.45, 2.75) is 82.5 Å². The van der Waals surface area contributed by atoms with E-state index < -0.39 is 42.7 Å². The van der Waals surface area contributed by atoms with E-state index in [1.54, 1.807) is 4.90 Å². The summed E-state index contributed by atoms with van der Waals surface area (Å²) in [7, 11) is 0. The number of carboxylic acid groups (broad SMARTS) is 1. The van der Waals surface area contributed by atoms with Crippen LogP contribution < -0.4 is 10.6 Å². The van der Waals surface area contributed by atoms with E-state index in [1.807, 2.05) is 109 Å². The van der Waals surface area contributed by atoms with E-state index >= 15 is 0 Å². The predicted octanol–water partition coefficient (Wildman–Crippen LogP) is 7.63. The summed E-state index contributed by atoms with van der Waals surface area (Å²) in [5.41, 5.74) is 5.99. The zero-order chi connectivity index (χ0) is 41.2. The molecule has 2 aliphatic rings. The van der Waals surface area contributed by atoms with Gasteiger partial charge in [-0.25, -0.2) is 19.2 Å². The van der Waals surface area contributed by atoms with Gasteiger partial charge < -0.3 is 44.3 Å². The van der Waals surface area contributed by atoms with Crippen LogP contribution in [-0.4, -0.2) is 115 Å². The van der Waals surface area contributed by atoms with Crippen molar-refractivity contribution in [2.75, 3.05) is 32.8 Å². The molecule has 4 aromatic carbocycles. The van der Waals surface area contributed by atoms with E-state index in [9.17, 15) is 24.3 Å². The second kappa shape index (κ2) is 24.4. The molecule has 3 N–H and O–H groups in total. The van der Waals surface area contributed by atoms with Crippen LogP contribution in [0, 0.1) is 0 Å². The minimum absolute atomic E-state index is 0. The first kappa shape index (κ1) is 46.2. The molecule has 1 fully saturated rings. The van der Waals surface area contributed by atoms with Crippen molar-refractivity contribution in [2.24, 2.45) is 0 Å². The first-order chi connectivity index (χ1) is 28.8. The van der Waals surface area contributed by atoms with Crippen LogP contribution in [0.1, 0.15) is 73.1 Å².